The van der Waals surface area contributed by atoms with Gasteiger partial charge in [-0.1, -0.05) is 13.8 Å². The van der Waals surface area contributed by atoms with Crippen LogP contribution in [0.1, 0.15) is 25.8 Å². The van der Waals surface area contributed by atoms with E-state index in [0.717, 1.165) is 31.7 Å². The molecule has 4 nitrogen and oxygen atoms in total. The van der Waals surface area contributed by atoms with Gasteiger partial charge in [-0.05, 0) is 36.6 Å². The summed E-state index contributed by atoms with van der Waals surface area (Å²) < 4.78 is 2.15. The fraction of sp³-hybridized carbons (Fsp3) is 0.533. The summed E-state index contributed by atoms with van der Waals surface area (Å²) in [5.74, 6) is 0.244. The second-order valence-electron chi connectivity index (χ2n) is 5.15. The van der Waals surface area contributed by atoms with Crippen LogP contribution in [0.2, 0.25) is 0 Å². The van der Waals surface area contributed by atoms with E-state index in [-0.39, 0.29) is 12.5 Å². The fourth-order valence-electron chi connectivity index (χ4n) is 2.27. The highest BCUT2D eigenvalue weighted by Crippen LogP contribution is 2.20. The summed E-state index contributed by atoms with van der Waals surface area (Å²) in [5.41, 5.74) is 2.29. The van der Waals surface area contributed by atoms with E-state index in [1.807, 2.05) is 19.2 Å². The molecular weight excluding hydrogens is 238 g/mol. The van der Waals surface area contributed by atoms with Crippen LogP contribution < -0.4 is 5.32 Å². The third-order valence-electron chi connectivity index (χ3n) is 3.28. The molecule has 4 heteroatoms. The van der Waals surface area contributed by atoms with Crippen molar-refractivity contribution < 1.29 is 5.11 Å². The first-order chi connectivity index (χ1) is 9.26. The number of aromatic nitrogens is 2. The lowest BCUT2D eigenvalue weighted by Crippen LogP contribution is -2.13. The van der Waals surface area contributed by atoms with E-state index >= 15 is 0 Å². The first-order valence-corrected chi connectivity index (χ1v) is 7.00. The first-order valence-electron chi connectivity index (χ1n) is 7.00. The monoisotopic (exact) mass is 261 g/mol. The lowest BCUT2D eigenvalue weighted by atomic mass is 10.2. The molecule has 0 bridgehead atoms. The fourth-order valence-corrected chi connectivity index (χ4v) is 2.27. The largest absolute Gasteiger partial charge is 0.396 e. The molecule has 0 aliphatic carbocycles. The standard InChI is InChI=1S/C15H23N3O/c1-3-6-16-8-13-10-18(9-12(2)11-19)15-14(13)5-4-7-17-15/h4-5,7,10,12,16,19H,3,6,8-9,11H2,1-2H3. The second-order valence-corrected chi connectivity index (χ2v) is 5.15. The Morgan fingerprint density at radius 3 is 3.05 bits per heavy atom. The van der Waals surface area contributed by atoms with Gasteiger partial charge in [-0.3, -0.25) is 0 Å². The molecule has 0 aliphatic rings. The van der Waals surface area contributed by atoms with Crippen molar-refractivity contribution in [3.63, 3.8) is 0 Å². The third kappa shape index (κ3) is 3.33. The van der Waals surface area contributed by atoms with Crippen molar-refractivity contribution in [2.24, 2.45) is 5.92 Å². The van der Waals surface area contributed by atoms with E-state index in [4.69, 9.17) is 0 Å². The van der Waals surface area contributed by atoms with Gasteiger partial charge in [0.15, 0.2) is 0 Å². The topological polar surface area (TPSA) is 50.1 Å². The van der Waals surface area contributed by atoms with Crippen LogP contribution in [0.15, 0.2) is 24.5 Å². The minimum absolute atomic E-state index is 0.204. The van der Waals surface area contributed by atoms with Crippen molar-refractivity contribution >= 4 is 11.0 Å². The summed E-state index contributed by atoms with van der Waals surface area (Å²) in [7, 11) is 0. The summed E-state index contributed by atoms with van der Waals surface area (Å²) in [6.07, 6.45) is 5.12. The van der Waals surface area contributed by atoms with Crippen LogP contribution in [0.5, 0.6) is 0 Å². The zero-order valence-electron chi connectivity index (χ0n) is 11.8. The third-order valence-corrected chi connectivity index (χ3v) is 3.28. The molecule has 2 N–H and O–H groups in total. The normalized spacial score (nSPS) is 13.0. The van der Waals surface area contributed by atoms with Crippen molar-refractivity contribution in [3.05, 3.63) is 30.1 Å². The molecule has 1 unspecified atom stereocenters. The number of aliphatic hydroxyl groups is 1. The van der Waals surface area contributed by atoms with Crippen LogP contribution in [-0.2, 0) is 13.1 Å². The van der Waals surface area contributed by atoms with E-state index < -0.39 is 0 Å². The molecular formula is C15H23N3O. The number of nitrogens with one attached hydrogen (secondary N) is 1. The molecule has 0 aromatic carbocycles. The highest BCUT2D eigenvalue weighted by Gasteiger charge is 2.10. The van der Waals surface area contributed by atoms with Crippen LogP contribution in [0, 0.1) is 5.92 Å². The summed E-state index contributed by atoms with van der Waals surface area (Å²) in [4.78, 5) is 4.47. The Bertz CT molecular complexity index is 521. The molecule has 0 spiro atoms. The maximum absolute atomic E-state index is 9.20. The Hall–Kier alpha value is -1.39. The number of rotatable bonds is 7. The van der Waals surface area contributed by atoms with Crippen LogP contribution in [0.25, 0.3) is 11.0 Å². The van der Waals surface area contributed by atoms with Crippen molar-refractivity contribution in [2.45, 2.75) is 33.4 Å². The number of nitrogens with zero attached hydrogens (tertiary/aromatic N) is 2. The van der Waals surface area contributed by atoms with E-state index in [1.54, 1.807) is 0 Å². The zero-order valence-corrected chi connectivity index (χ0v) is 11.8. The van der Waals surface area contributed by atoms with Gasteiger partial charge in [0.25, 0.3) is 0 Å². The Morgan fingerprint density at radius 2 is 2.32 bits per heavy atom. The molecule has 0 saturated heterocycles. The maximum atomic E-state index is 9.20. The van der Waals surface area contributed by atoms with Crippen molar-refractivity contribution in [1.82, 2.24) is 14.9 Å². The predicted octanol–water partition coefficient (Wildman–Crippen LogP) is 2.16. The lowest BCUT2D eigenvalue weighted by Gasteiger charge is -2.09. The second kappa shape index (κ2) is 6.68. The van der Waals surface area contributed by atoms with Crippen LogP contribution in [-0.4, -0.2) is 27.8 Å². The molecule has 0 aliphatic heterocycles. The SMILES string of the molecule is CCCNCc1cn(CC(C)CO)c2ncccc12. The Labute approximate surface area is 114 Å². The Morgan fingerprint density at radius 1 is 1.47 bits per heavy atom. The zero-order chi connectivity index (χ0) is 13.7. The molecule has 0 fully saturated rings. The van der Waals surface area contributed by atoms with Crippen LogP contribution in [0.4, 0.5) is 0 Å². The highest BCUT2D eigenvalue weighted by atomic mass is 16.3. The number of hydrogen-bond donors (Lipinski definition) is 2. The van der Waals surface area contributed by atoms with E-state index in [1.165, 1.54) is 10.9 Å². The lowest BCUT2D eigenvalue weighted by molar-refractivity contribution is 0.224. The molecule has 2 heterocycles. The summed E-state index contributed by atoms with van der Waals surface area (Å²) >= 11 is 0. The number of fused-ring (bicyclic) bond motifs is 1. The van der Waals surface area contributed by atoms with Gasteiger partial charge < -0.3 is 15.0 Å². The minimum Gasteiger partial charge on any atom is -0.396 e. The van der Waals surface area contributed by atoms with Crippen molar-refractivity contribution in [2.75, 3.05) is 13.2 Å². The van der Waals surface area contributed by atoms with Gasteiger partial charge in [0.2, 0.25) is 0 Å². The summed E-state index contributed by atoms with van der Waals surface area (Å²) in [6, 6.07) is 4.09. The number of hydrogen-bond acceptors (Lipinski definition) is 3. The molecule has 1 atom stereocenters. The van der Waals surface area contributed by atoms with Gasteiger partial charge >= 0.3 is 0 Å². The van der Waals surface area contributed by atoms with Gasteiger partial charge in [-0.25, -0.2) is 4.98 Å². The molecule has 2 aromatic rings. The van der Waals surface area contributed by atoms with Crippen molar-refractivity contribution in [1.29, 1.82) is 0 Å². The Balaban J connectivity index is 2.26. The average molecular weight is 261 g/mol. The van der Waals surface area contributed by atoms with Gasteiger partial charge in [-0.15, -0.1) is 0 Å². The van der Waals surface area contributed by atoms with E-state index in [0.29, 0.717) is 0 Å². The smallest absolute Gasteiger partial charge is 0.140 e. The van der Waals surface area contributed by atoms with Crippen molar-refractivity contribution in [3.8, 4) is 0 Å². The number of aliphatic hydroxyl groups excluding tert-OH is 1. The number of pyridine rings is 1. The molecule has 2 rings (SSSR count). The van der Waals surface area contributed by atoms with E-state index in [9.17, 15) is 5.11 Å². The van der Waals surface area contributed by atoms with Gasteiger partial charge in [0, 0.05) is 37.5 Å². The van der Waals surface area contributed by atoms with Crippen LogP contribution in [0.3, 0.4) is 0 Å². The molecule has 0 saturated carbocycles. The minimum atomic E-state index is 0.204. The molecule has 19 heavy (non-hydrogen) atoms. The van der Waals surface area contributed by atoms with E-state index in [2.05, 4.69) is 34.1 Å². The molecule has 0 amide bonds. The predicted molar refractivity (Wildman–Crippen MR) is 78.0 cm³/mol. The highest BCUT2D eigenvalue weighted by molar-refractivity contribution is 5.80. The average Bonchev–Trinajstić information content (AvgIpc) is 2.78. The Kier molecular flexibility index (Phi) is 4.93. The molecule has 0 radical (unpaired) electrons. The molecule has 2 aromatic heterocycles. The summed E-state index contributed by atoms with van der Waals surface area (Å²) in [5, 5.41) is 13.8. The van der Waals surface area contributed by atoms with Gasteiger partial charge in [0.1, 0.15) is 5.65 Å². The quantitative estimate of drug-likeness (QED) is 0.751. The van der Waals surface area contributed by atoms with Gasteiger partial charge in [-0.2, -0.15) is 0 Å². The maximum Gasteiger partial charge on any atom is 0.140 e. The van der Waals surface area contributed by atoms with Crippen LogP contribution >= 0.6 is 0 Å². The summed E-state index contributed by atoms with van der Waals surface area (Å²) in [6.45, 7) is 7.12. The molecule has 104 valence electrons. The van der Waals surface area contributed by atoms with Gasteiger partial charge in [0.05, 0.1) is 0 Å². The first kappa shape index (κ1) is 14.0.